The lowest BCUT2D eigenvalue weighted by atomic mass is 9.82. The molecule has 0 N–H and O–H groups in total. The zero-order valence-electron chi connectivity index (χ0n) is 10.4. The van der Waals surface area contributed by atoms with Gasteiger partial charge in [0.1, 0.15) is 0 Å². The van der Waals surface area contributed by atoms with Gasteiger partial charge in [0, 0.05) is 12.7 Å². The summed E-state index contributed by atoms with van der Waals surface area (Å²) in [6.45, 7) is 0.763. The van der Waals surface area contributed by atoms with Crippen LogP contribution in [-0.4, -0.2) is 15.3 Å². The standard InChI is InChI=1S/C13H19IN2OS/c14-11-7-15-10-16(12(11)17)8-13(9-18)5-3-1-2-4-6-13/h7,10,18H,1-6,8-9H2. The van der Waals surface area contributed by atoms with Crippen molar-refractivity contribution in [1.82, 2.24) is 9.55 Å². The zero-order valence-corrected chi connectivity index (χ0v) is 13.5. The first-order valence-electron chi connectivity index (χ1n) is 6.48. The van der Waals surface area contributed by atoms with Crippen molar-refractivity contribution in [2.24, 2.45) is 5.41 Å². The van der Waals surface area contributed by atoms with Crippen LogP contribution in [0, 0.1) is 8.99 Å². The predicted molar refractivity (Wildman–Crippen MR) is 85.2 cm³/mol. The third kappa shape index (κ3) is 3.29. The molecule has 1 aromatic heterocycles. The number of rotatable bonds is 3. The lowest BCUT2D eigenvalue weighted by molar-refractivity contribution is 0.236. The van der Waals surface area contributed by atoms with Crippen molar-refractivity contribution in [3.05, 3.63) is 26.4 Å². The largest absolute Gasteiger partial charge is 0.298 e. The normalized spacial score (nSPS) is 19.4. The first kappa shape index (κ1) is 14.4. The molecular weight excluding hydrogens is 359 g/mol. The van der Waals surface area contributed by atoms with Gasteiger partial charge in [-0.15, -0.1) is 0 Å². The maximum Gasteiger partial charge on any atom is 0.266 e. The summed E-state index contributed by atoms with van der Waals surface area (Å²) in [5, 5.41) is 0. The van der Waals surface area contributed by atoms with Crippen molar-refractivity contribution in [2.75, 3.05) is 5.75 Å². The lowest BCUT2D eigenvalue weighted by Gasteiger charge is -2.31. The second kappa shape index (κ2) is 6.41. The van der Waals surface area contributed by atoms with Crippen LogP contribution in [0.3, 0.4) is 0 Å². The van der Waals surface area contributed by atoms with Gasteiger partial charge in [0.05, 0.1) is 9.90 Å². The highest BCUT2D eigenvalue weighted by Crippen LogP contribution is 2.37. The van der Waals surface area contributed by atoms with Crippen molar-refractivity contribution < 1.29 is 0 Å². The molecule has 5 heteroatoms. The molecular formula is C13H19IN2OS. The molecule has 0 bridgehead atoms. The molecule has 1 aromatic rings. The molecule has 1 heterocycles. The van der Waals surface area contributed by atoms with Gasteiger partial charge in [0.2, 0.25) is 0 Å². The molecule has 3 nitrogen and oxygen atoms in total. The Balaban J connectivity index is 2.23. The summed E-state index contributed by atoms with van der Waals surface area (Å²) in [7, 11) is 0. The Morgan fingerprint density at radius 1 is 1.33 bits per heavy atom. The summed E-state index contributed by atoms with van der Waals surface area (Å²) >= 11 is 6.60. The minimum Gasteiger partial charge on any atom is -0.298 e. The van der Waals surface area contributed by atoms with Crippen LogP contribution in [0.25, 0.3) is 0 Å². The maximum absolute atomic E-state index is 12.1. The van der Waals surface area contributed by atoms with Gasteiger partial charge >= 0.3 is 0 Å². The SMILES string of the molecule is O=c1c(I)cncn1CC1(CS)CCCCCC1. The average molecular weight is 378 g/mol. The highest BCUT2D eigenvalue weighted by Gasteiger charge is 2.30. The fourth-order valence-electron chi connectivity index (χ4n) is 2.74. The van der Waals surface area contributed by atoms with Crippen LogP contribution in [0.15, 0.2) is 17.3 Å². The van der Waals surface area contributed by atoms with E-state index in [0.29, 0.717) is 3.57 Å². The van der Waals surface area contributed by atoms with Gasteiger partial charge in [0.15, 0.2) is 0 Å². The molecule has 0 atom stereocenters. The molecule has 0 radical (unpaired) electrons. The molecule has 1 fully saturated rings. The third-order valence-corrected chi connectivity index (χ3v) is 5.28. The monoisotopic (exact) mass is 378 g/mol. The highest BCUT2D eigenvalue weighted by atomic mass is 127. The molecule has 0 aromatic carbocycles. The summed E-state index contributed by atoms with van der Waals surface area (Å²) in [6, 6.07) is 0. The van der Waals surface area contributed by atoms with Gasteiger partial charge in [-0.1, -0.05) is 25.7 Å². The molecule has 0 unspecified atom stereocenters. The molecule has 2 rings (SSSR count). The maximum atomic E-state index is 12.1. The molecule has 100 valence electrons. The van der Waals surface area contributed by atoms with Gasteiger partial charge < -0.3 is 0 Å². The number of hydrogen-bond donors (Lipinski definition) is 1. The van der Waals surface area contributed by atoms with E-state index in [2.05, 4.69) is 40.2 Å². The predicted octanol–water partition coefficient (Wildman–Crippen LogP) is 3.12. The number of nitrogens with zero attached hydrogens (tertiary/aromatic N) is 2. The summed E-state index contributed by atoms with van der Waals surface area (Å²) < 4.78 is 2.46. The van der Waals surface area contributed by atoms with Crippen molar-refractivity contribution in [3.63, 3.8) is 0 Å². The van der Waals surface area contributed by atoms with E-state index in [1.165, 1.54) is 38.5 Å². The Hall–Kier alpha value is -0.0400. The van der Waals surface area contributed by atoms with E-state index in [1.807, 2.05) is 0 Å². The molecule has 0 aliphatic heterocycles. The Morgan fingerprint density at radius 2 is 2.00 bits per heavy atom. The fraction of sp³-hybridized carbons (Fsp3) is 0.692. The summed E-state index contributed by atoms with van der Waals surface area (Å²) in [5.74, 6) is 0.852. The first-order valence-corrected chi connectivity index (χ1v) is 8.19. The third-order valence-electron chi connectivity index (χ3n) is 3.86. The van der Waals surface area contributed by atoms with Crippen LogP contribution in [0.2, 0.25) is 0 Å². The van der Waals surface area contributed by atoms with E-state index >= 15 is 0 Å². The van der Waals surface area contributed by atoms with E-state index in [9.17, 15) is 4.79 Å². The summed E-state index contributed by atoms with van der Waals surface area (Å²) in [4.78, 5) is 16.2. The number of hydrogen-bond acceptors (Lipinski definition) is 3. The molecule has 0 amide bonds. The second-order valence-corrected chi connectivity index (χ2v) is 6.73. The Kier molecular flexibility index (Phi) is 5.12. The number of aromatic nitrogens is 2. The average Bonchev–Trinajstić information content (AvgIpc) is 2.61. The first-order chi connectivity index (χ1) is 8.67. The highest BCUT2D eigenvalue weighted by molar-refractivity contribution is 14.1. The quantitative estimate of drug-likeness (QED) is 0.498. The van der Waals surface area contributed by atoms with Crippen LogP contribution >= 0.6 is 35.2 Å². The van der Waals surface area contributed by atoms with Crippen LogP contribution in [0.4, 0.5) is 0 Å². The molecule has 1 saturated carbocycles. The van der Waals surface area contributed by atoms with E-state index in [-0.39, 0.29) is 11.0 Å². The molecule has 18 heavy (non-hydrogen) atoms. The van der Waals surface area contributed by atoms with Crippen LogP contribution in [0.5, 0.6) is 0 Å². The van der Waals surface area contributed by atoms with Crippen molar-refractivity contribution >= 4 is 35.2 Å². The van der Waals surface area contributed by atoms with Gasteiger partial charge in [-0.2, -0.15) is 12.6 Å². The van der Waals surface area contributed by atoms with Crippen LogP contribution in [-0.2, 0) is 6.54 Å². The Bertz CT molecular complexity index is 453. The Labute approximate surface area is 127 Å². The van der Waals surface area contributed by atoms with E-state index in [4.69, 9.17) is 0 Å². The van der Waals surface area contributed by atoms with Gasteiger partial charge in [0.25, 0.3) is 5.56 Å². The smallest absolute Gasteiger partial charge is 0.266 e. The molecule has 0 saturated heterocycles. The topological polar surface area (TPSA) is 34.9 Å². The minimum atomic E-state index is 0.0796. The summed E-state index contributed by atoms with van der Waals surface area (Å²) in [6.07, 6.45) is 10.8. The van der Waals surface area contributed by atoms with Gasteiger partial charge in [-0.05, 0) is 46.6 Å². The van der Waals surface area contributed by atoms with E-state index < -0.39 is 0 Å². The molecule has 1 aliphatic rings. The zero-order chi connectivity index (χ0) is 13.0. The van der Waals surface area contributed by atoms with E-state index in [1.54, 1.807) is 17.1 Å². The van der Waals surface area contributed by atoms with Crippen LogP contribution in [0.1, 0.15) is 38.5 Å². The van der Waals surface area contributed by atoms with Gasteiger partial charge in [-0.3, -0.25) is 9.36 Å². The molecule has 0 spiro atoms. The second-order valence-electron chi connectivity index (χ2n) is 5.25. The Morgan fingerprint density at radius 3 is 2.61 bits per heavy atom. The van der Waals surface area contributed by atoms with E-state index in [0.717, 1.165) is 12.3 Å². The molecule has 1 aliphatic carbocycles. The van der Waals surface area contributed by atoms with Crippen molar-refractivity contribution in [2.45, 2.75) is 45.1 Å². The number of halogens is 1. The van der Waals surface area contributed by atoms with Gasteiger partial charge in [-0.25, -0.2) is 4.98 Å². The van der Waals surface area contributed by atoms with Crippen molar-refractivity contribution in [3.8, 4) is 0 Å². The summed E-state index contributed by atoms with van der Waals surface area (Å²) in [5.41, 5.74) is 0.256. The minimum absolute atomic E-state index is 0.0796. The lowest BCUT2D eigenvalue weighted by Crippen LogP contribution is -2.34. The van der Waals surface area contributed by atoms with Crippen LogP contribution < -0.4 is 5.56 Å². The number of thiol groups is 1. The van der Waals surface area contributed by atoms with Crippen molar-refractivity contribution in [1.29, 1.82) is 0 Å². The fourth-order valence-corrected chi connectivity index (χ4v) is 3.63.